The molecule has 0 atom stereocenters. The van der Waals surface area contributed by atoms with Crippen molar-refractivity contribution in [2.45, 2.75) is 19.9 Å². The summed E-state index contributed by atoms with van der Waals surface area (Å²) in [6.45, 7) is 2.93. The molecule has 88 valence electrons. The van der Waals surface area contributed by atoms with Crippen molar-refractivity contribution >= 4 is 28.9 Å². The third kappa shape index (κ3) is 2.57. The van der Waals surface area contributed by atoms with E-state index in [4.69, 9.17) is 0 Å². The number of carbonyl (C=O) groups excluding carboxylic acids is 1. The van der Waals surface area contributed by atoms with Crippen LogP contribution in [0, 0.1) is 3.57 Å². The SMILES string of the molecule is CCCn1cc(C=O)c(-c2ccccc2I)n1. The minimum atomic E-state index is 0.655. The molecular formula is C13H13IN2O. The van der Waals surface area contributed by atoms with Crippen LogP contribution in [0.2, 0.25) is 0 Å². The average Bonchev–Trinajstić information content (AvgIpc) is 2.73. The summed E-state index contributed by atoms with van der Waals surface area (Å²) >= 11 is 2.26. The maximum atomic E-state index is 11.1. The second-order valence-electron chi connectivity index (χ2n) is 3.79. The number of aryl methyl sites for hydroxylation is 1. The maximum absolute atomic E-state index is 11.1. The van der Waals surface area contributed by atoms with E-state index in [-0.39, 0.29) is 0 Å². The monoisotopic (exact) mass is 340 g/mol. The quantitative estimate of drug-likeness (QED) is 0.632. The first-order valence-corrected chi connectivity index (χ1v) is 6.61. The van der Waals surface area contributed by atoms with Gasteiger partial charge in [-0.1, -0.05) is 25.1 Å². The van der Waals surface area contributed by atoms with Crippen molar-refractivity contribution in [3.8, 4) is 11.3 Å². The van der Waals surface area contributed by atoms with Gasteiger partial charge in [-0.3, -0.25) is 9.48 Å². The highest BCUT2D eigenvalue weighted by atomic mass is 127. The zero-order chi connectivity index (χ0) is 12.3. The molecule has 0 aliphatic carbocycles. The van der Waals surface area contributed by atoms with Gasteiger partial charge in [-0.05, 0) is 35.1 Å². The van der Waals surface area contributed by atoms with Crippen molar-refractivity contribution in [2.75, 3.05) is 0 Å². The van der Waals surface area contributed by atoms with E-state index in [1.807, 2.05) is 35.1 Å². The summed E-state index contributed by atoms with van der Waals surface area (Å²) in [6, 6.07) is 7.95. The molecule has 0 spiro atoms. The first kappa shape index (κ1) is 12.3. The van der Waals surface area contributed by atoms with Crippen molar-refractivity contribution in [2.24, 2.45) is 0 Å². The molecule has 4 heteroatoms. The zero-order valence-electron chi connectivity index (χ0n) is 9.56. The Morgan fingerprint density at radius 3 is 2.82 bits per heavy atom. The molecular weight excluding hydrogens is 327 g/mol. The second kappa shape index (κ2) is 5.44. The van der Waals surface area contributed by atoms with E-state index in [2.05, 4.69) is 34.6 Å². The Hall–Kier alpha value is -1.17. The van der Waals surface area contributed by atoms with Gasteiger partial charge in [0.2, 0.25) is 0 Å². The minimum absolute atomic E-state index is 0.655. The van der Waals surface area contributed by atoms with Crippen LogP contribution in [0.4, 0.5) is 0 Å². The highest BCUT2D eigenvalue weighted by Crippen LogP contribution is 2.25. The fourth-order valence-electron chi connectivity index (χ4n) is 1.73. The Morgan fingerprint density at radius 2 is 2.18 bits per heavy atom. The number of rotatable bonds is 4. The van der Waals surface area contributed by atoms with Crippen molar-refractivity contribution in [3.63, 3.8) is 0 Å². The minimum Gasteiger partial charge on any atom is -0.298 e. The molecule has 2 rings (SSSR count). The van der Waals surface area contributed by atoms with Gasteiger partial charge in [0.1, 0.15) is 5.69 Å². The zero-order valence-corrected chi connectivity index (χ0v) is 11.7. The molecule has 1 aromatic heterocycles. The van der Waals surface area contributed by atoms with Crippen molar-refractivity contribution in [1.82, 2.24) is 9.78 Å². The number of aldehydes is 1. The van der Waals surface area contributed by atoms with E-state index in [0.717, 1.165) is 34.1 Å². The lowest BCUT2D eigenvalue weighted by atomic mass is 10.1. The van der Waals surface area contributed by atoms with Gasteiger partial charge < -0.3 is 0 Å². The number of aromatic nitrogens is 2. The van der Waals surface area contributed by atoms with Crippen LogP contribution in [0.25, 0.3) is 11.3 Å². The van der Waals surface area contributed by atoms with Gasteiger partial charge in [-0.2, -0.15) is 5.10 Å². The van der Waals surface area contributed by atoms with Crippen LogP contribution < -0.4 is 0 Å². The lowest BCUT2D eigenvalue weighted by molar-refractivity contribution is 0.112. The number of hydrogen-bond acceptors (Lipinski definition) is 2. The molecule has 0 aliphatic rings. The molecule has 2 aromatic rings. The molecule has 17 heavy (non-hydrogen) atoms. The predicted molar refractivity (Wildman–Crippen MR) is 76.1 cm³/mol. The van der Waals surface area contributed by atoms with Crippen LogP contribution in [0.5, 0.6) is 0 Å². The summed E-state index contributed by atoms with van der Waals surface area (Å²) in [5.41, 5.74) is 2.45. The van der Waals surface area contributed by atoms with E-state index >= 15 is 0 Å². The Labute approximate surface area is 114 Å². The molecule has 0 fully saturated rings. The van der Waals surface area contributed by atoms with E-state index in [1.165, 1.54) is 0 Å². The Bertz CT molecular complexity index is 534. The smallest absolute Gasteiger partial charge is 0.153 e. The molecule has 0 radical (unpaired) electrons. The van der Waals surface area contributed by atoms with Crippen molar-refractivity contribution in [1.29, 1.82) is 0 Å². The summed E-state index contributed by atoms with van der Waals surface area (Å²) in [4.78, 5) is 11.1. The first-order valence-electron chi connectivity index (χ1n) is 5.53. The molecule has 3 nitrogen and oxygen atoms in total. The summed E-state index contributed by atoms with van der Waals surface area (Å²) in [5, 5.41) is 4.48. The largest absolute Gasteiger partial charge is 0.298 e. The van der Waals surface area contributed by atoms with Crippen molar-refractivity contribution in [3.05, 3.63) is 39.6 Å². The fourth-order valence-corrected chi connectivity index (χ4v) is 2.37. The molecule has 0 unspecified atom stereocenters. The van der Waals surface area contributed by atoms with Crippen LogP contribution in [0.1, 0.15) is 23.7 Å². The standard InChI is InChI=1S/C13H13IN2O/c1-2-7-16-8-10(9-17)13(15-16)11-5-3-4-6-12(11)14/h3-6,8-9H,2,7H2,1H3. The molecule has 0 saturated heterocycles. The molecule has 0 saturated carbocycles. The van der Waals surface area contributed by atoms with Crippen molar-refractivity contribution < 1.29 is 4.79 Å². The van der Waals surface area contributed by atoms with E-state index in [1.54, 1.807) is 0 Å². The highest BCUT2D eigenvalue weighted by Gasteiger charge is 2.12. The van der Waals surface area contributed by atoms with Gasteiger partial charge >= 0.3 is 0 Å². The second-order valence-corrected chi connectivity index (χ2v) is 4.96. The van der Waals surface area contributed by atoms with E-state index < -0.39 is 0 Å². The van der Waals surface area contributed by atoms with Gasteiger partial charge in [0.25, 0.3) is 0 Å². The van der Waals surface area contributed by atoms with Crippen LogP contribution in [0.3, 0.4) is 0 Å². The fraction of sp³-hybridized carbons (Fsp3) is 0.231. The predicted octanol–water partition coefficient (Wildman–Crippen LogP) is 3.38. The summed E-state index contributed by atoms with van der Waals surface area (Å²) in [7, 11) is 0. The Morgan fingerprint density at radius 1 is 1.41 bits per heavy atom. The topological polar surface area (TPSA) is 34.9 Å². The normalized spacial score (nSPS) is 10.5. The lowest BCUT2D eigenvalue weighted by Gasteiger charge is -2.01. The summed E-state index contributed by atoms with van der Waals surface area (Å²) in [6.07, 6.45) is 3.69. The molecule has 0 bridgehead atoms. The van der Waals surface area contributed by atoms with Gasteiger partial charge in [0, 0.05) is 21.9 Å². The van der Waals surface area contributed by atoms with E-state index in [0.29, 0.717) is 5.56 Å². The molecule has 0 amide bonds. The van der Waals surface area contributed by atoms with Crippen LogP contribution >= 0.6 is 22.6 Å². The molecule has 0 aliphatic heterocycles. The van der Waals surface area contributed by atoms with Gasteiger partial charge in [-0.15, -0.1) is 0 Å². The number of nitrogens with zero attached hydrogens (tertiary/aromatic N) is 2. The summed E-state index contributed by atoms with van der Waals surface area (Å²) in [5.74, 6) is 0. The number of halogens is 1. The van der Waals surface area contributed by atoms with Crippen LogP contribution in [0.15, 0.2) is 30.5 Å². The molecule has 1 aromatic carbocycles. The first-order chi connectivity index (χ1) is 8.26. The van der Waals surface area contributed by atoms with Gasteiger partial charge in [0.15, 0.2) is 6.29 Å². The third-order valence-electron chi connectivity index (χ3n) is 2.50. The highest BCUT2D eigenvalue weighted by molar-refractivity contribution is 14.1. The van der Waals surface area contributed by atoms with Gasteiger partial charge in [-0.25, -0.2) is 0 Å². The number of carbonyl (C=O) groups is 1. The molecule has 1 heterocycles. The van der Waals surface area contributed by atoms with Crippen LogP contribution in [-0.4, -0.2) is 16.1 Å². The van der Waals surface area contributed by atoms with E-state index in [9.17, 15) is 4.79 Å². The lowest BCUT2D eigenvalue weighted by Crippen LogP contribution is -1.97. The Balaban J connectivity index is 2.51. The molecule has 0 N–H and O–H groups in total. The summed E-state index contributed by atoms with van der Waals surface area (Å²) < 4.78 is 2.94. The maximum Gasteiger partial charge on any atom is 0.153 e. The third-order valence-corrected chi connectivity index (χ3v) is 3.44. The van der Waals surface area contributed by atoms with Crippen LogP contribution in [-0.2, 0) is 6.54 Å². The Kier molecular flexibility index (Phi) is 3.93. The number of hydrogen-bond donors (Lipinski definition) is 0. The number of benzene rings is 1. The van der Waals surface area contributed by atoms with Gasteiger partial charge in [0.05, 0.1) is 5.56 Å². The average molecular weight is 340 g/mol.